The Hall–Kier alpha value is -0.450. The maximum atomic E-state index is 5.46. The molecule has 0 fully saturated rings. The predicted molar refractivity (Wildman–Crippen MR) is 61.7 cm³/mol. The number of nitrogens with two attached hydrogens (primary N) is 1. The van der Waals surface area contributed by atoms with Crippen molar-refractivity contribution in [2.75, 3.05) is 27.2 Å². The number of hydrogen-bond acceptors (Lipinski definition) is 4. The first-order valence-corrected chi connectivity index (χ1v) is 5.82. The zero-order valence-corrected chi connectivity index (χ0v) is 9.81. The van der Waals surface area contributed by atoms with Crippen LogP contribution in [0.2, 0.25) is 0 Å². The van der Waals surface area contributed by atoms with Crippen LogP contribution in [-0.4, -0.2) is 37.1 Å². The molecular weight excluding hydrogens is 194 g/mol. The number of likely N-dealkylation sites (N-methyl/N-ethyl adjacent to an activating group) is 1. The molecule has 0 amide bonds. The van der Waals surface area contributed by atoms with Crippen LogP contribution in [0.15, 0.2) is 6.20 Å². The molecule has 0 aliphatic carbocycles. The highest BCUT2D eigenvalue weighted by Crippen LogP contribution is 2.15. The third-order valence-corrected chi connectivity index (χ3v) is 3.12. The van der Waals surface area contributed by atoms with Gasteiger partial charge in [0.05, 0.1) is 5.01 Å². The summed E-state index contributed by atoms with van der Waals surface area (Å²) in [4.78, 5) is 7.94. The van der Waals surface area contributed by atoms with Crippen molar-refractivity contribution in [3.8, 4) is 0 Å². The number of aryl methyl sites for hydroxylation is 1. The molecule has 0 aliphatic heterocycles. The zero-order valence-electron chi connectivity index (χ0n) is 8.99. The van der Waals surface area contributed by atoms with E-state index in [0.29, 0.717) is 0 Å². The van der Waals surface area contributed by atoms with Crippen LogP contribution < -0.4 is 5.73 Å². The molecule has 0 spiro atoms. The van der Waals surface area contributed by atoms with E-state index in [4.69, 9.17) is 5.73 Å². The van der Waals surface area contributed by atoms with Gasteiger partial charge >= 0.3 is 0 Å². The third-order valence-electron chi connectivity index (χ3n) is 2.00. The van der Waals surface area contributed by atoms with Crippen LogP contribution in [0.3, 0.4) is 0 Å². The number of nitrogens with zero attached hydrogens (tertiary/aromatic N) is 2. The number of aromatic nitrogens is 1. The maximum absolute atomic E-state index is 5.46. The fourth-order valence-electron chi connectivity index (χ4n) is 1.17. The van der Waals surface area contributed by atoms with Crippen LogP contribution in [0.4, 0.5) is 0 Å². The zero-order chi connectivity index (χ0) is 10.4. The van der Waals surface area contributed by atoms with Crippen molar-refractivity contribution in [1.82, 2.24) is 9.88 Å². The van der Waals surface area contributed by atoms with E-state index in [9.17, 15) is 0 Å². The van der Waals surface area contributed by atoms with Gasteiger partial charge in [-0.3, -0.25) is 0 Å². The highest BCUT2D eigenvalue weighted by molar-refractivity contribution is 7.11. The van der Waals surface area contributed by atoms with Crippen molar-refractivity contribution in [2.24, 2.45) is 5.73 Å². The molecule has 3 nitrogen and oxygen atoms in total. The van der Waals surface area contributed by atoms with E-state index in [-0.39, 0.29) is 0 Å². The van der Waals surface area contributed by atoms with Gasteiger partial charge < -0.3 is 10.6 Å². The lowest BCUT2D eigenvalue weighted by Crippen LogP contribution is -2.14. The van der Waals surface area contributed by atoms with Gasteiger partial charge in [0.25, 0.3) is 0 Å². The van der Waals surface area contributed by atoms with Crippen LogP contribution >= 0.6 is 11.3 Å². The minimum Gasteiger partial charge on any atom is -0.330 e. The molecule has 14 heavy (non-hydrogen) atoms. The molecule has 0 unspecified atom stereocenters. The molecule has 1 heterocycles. The van der Waals surface area contributed by atoms with Gasteiger partial charge in [-0.05, 0) is 33.5 Å². The number of rotatable bonds is 6. The maximum Gasteiger partial charge on any atom is 0.0940 e. The lowest BCUT2D eigenvalue weighted by molar-refractivity contribution is 0.413. The minimum atomic E-state index is 0.769. The highest BCUT2D eigenvalue weighted by Gasteiger charge is 2.01. The fraction of sp³-hybridized carbons (Fsp3) is 0.700. The van der Waals surface area contributed by atoms with Gasteiger partial charge in [0.2, 0.25) is 0 Å². The van der Waals surface area contributed by atoms with Crippen LogP contribution in [0.5, 0.6) is 0 Å². The SMILES string of the molecule is CN(C)CCc1ncc(CCCN)s1. The average Bonchev–Trinajstić information content (AvgIpc) is 2.59. The first kappa shape index (κ1) is 11.6. The van der Waals surface area contributed by atoms with E-state index in [2.05, 4.69) is 24.0 Å². The quantitative estimate of drug-likeness (QED) is 0.770. The smallest absolute Gasteiger partial charge is 0.0940 e. The summed E-state index contributed by atoms with van der Waals surface area (Å²) in [6.07, 6.45) is 5.19. The first-order valence-electron chi connectivity index (χ1n) is 5.00. The van der Waals surface area contributed by atoms with E-state index < -0.39 is 0 Å². The lowest BCUT2D eigenvalue weighted by atomic mass is 10.3. The molecule has 4 heteroatoms. The summed E-state index contributed by atoms with van der Waals surface area (Å²) < 4.78 is 0. The average molecular weight is 213 g/mol. The second-order valence-electron chi connectivity index (χ2n) is 3.67. The van der Waals surface area contributed by atoms with Crippen molar-refractivity contribution in [3.05, 3.63) is 16.1 Å². The van der Waals surface area contributed by atoms with Crippen LogP contribution in [0.25, 0.3) is 0 Å². The molecule has 0 aliphatic rings. The molecule has 1 aromatic heterocycles. The minimum absolute atomic E-state index is 0.769. The van der Waals surface area contributed by atoms with Crippen molar-refractivity contribution < 1.29 is 0 Å². The Balaban J connectivity index is 2.35. The normalized spacial score (nSPS) is 11.1. The number of thiazole rings is 1. The largest absolute Gasteiger partial charge is 0.330 e. The summed E-state index contributed by atoms with van der Waals surface area (Å²) in [7, 11) is 4.17. The predicted octanol–water partition coefficient (Wildman–Crippen LogP) is 1.14. The topological polar surface area (TPSA) is 42.2 Å². The summed E-state index contributed by atoms with van der Waals surface area (Å²) in [6.45, 7) is 1.84. The molecule has 0 bridgehead atoms. The summed E-state index contributed by atoms with van der Waals surface area (Å²) in [5.41, 5.74) is 5.46. The summed E-state index contributed by atoms with van der Waals surface area (Å²) in [6, 6.07) is 0. The van der Waals surface area contributed by atoms with E-state index in [0.717, 1.165) is 32.4 Å². The van der Waals surface area contributed by atoms with Gasteiger partial charge in [-0.25, -0.2) is 4.98 Å². The standard InChI is InChI=1S/C10H19N3S/c1-13(2)7-5-10-12-8-9(14-10)4-3-6-11/h8H,3-7,11H2,1-2H3. The number of hydrogen-bond donors (Lipinski definition) is 1. The van der Waals surface area contributed by atoms with Gasteiger partial charge in [0.1, 0.15) is 0 Å². The van der Waals surface area contributed by atoms with E-state index >= 15 is 0 Å². The van der Waals surface area contributed by atoms with Crippen molar-refractivity contribution >= 4 is 11.3 Å². The van der Waals surface area contributed by atoms with Gasteiger partial charge in [0.15, 0.2) is 0 Å². The van der Waals surface area contributed by atoms with Gasteiger partial charge in [-0.1, -0.05) is 0 Å². The summed E-state index contributed by atoms with van der Waals surface area (Å²) in [5.74, 6) is 0. The lowest BCUT2D eigenvalue weighted by Gasteiger charge is -2.06. The summed E-state index contributed by atoms with van der Waals surface area (Å²) >= 11 is 1.82. The molecule has 1 aromatic rings. The van der Waals surface area contributed by atoms with Gasteiger partial charge in [-0.15, -0.1) is 11.3 Å². The first-order chi connectivity index (χ1) is 6.72. The van der Waals surface area contributed by atoms with Crippen molar-refractivity contribution in [2.45, 2.75) is 19.3 Å². The molecule has 2 N–H and O–H groups in total. The second-order valence-corrected chi connectivity index (χ2v) is 4.87. The Labute approximate surface area is 89.9 Å². The molecular formula is C10H19N3S. The Bertz CT molecular complexity index is 258. The molecule has 80 valence electrons. The van der Waals surface area contributed by atoms with E-state index in [1.807, 2.05) is 17.5 Å². The molecule has 0 aromatic carbocycles. The molecule has 0 saturated heterocycles. The Morgan fingerprint density at radius 3 is 2.86 bits per heavy atom. The molecule has 1 rings (SSSR count). The molecule has 0 radical (unpaired) electrons. The van der Waals surface area contributed by atoms with E-state index in [1.165, 1.54) is 9.88 Å². The fourth-order valence-corrected chi connectivity index (χ4v) is 2.13. The highest BCUT2D eigenvalue weighted by atomic mass is 32.1. The van der Waals surface area contributed by atoms with Crippen LogP contribution in [0.1, 0.15) is 16.3 Å². The Morgan fingerprint density at radius 2 is 2.21 bits per heavy atom. The second kappa shape index (κ2) is 6.11. The van der Waals surface area contributed by atoms with Gasteiger partial charge in [-0.2, -0.15) is 0 Å². The third kappa shape index (κ3) is 4.17. The van der Waals surface area contributed by atoms with Crippen molar-refractivity contribution in [3.63, 3.8) is 0 Å². The Morgan fingerprint density at radius 1 is 1.43 bits per heavy atom. The van der Waals surface area contributed by atoms with E-state index in [1.54, 1.807) is 0 Å². The van der Waals surface area contributed by atoms with Crippen LogP contribution in [0, 0.1) is 0 Å². The summed E-state index contributed by atoms with van der Waals surface area (Å²) in [5, 5.41) is 1.24. The molecule has 0 saturated carbocycles. The monoisotopic (exact) mass is 213 g/mol. The Kier molecular flexibility index (Phi) is 5.07. The van der Waals surface area contributed by atoms with Crippen LogP contribution in [-0.2, 0) is 12.8 Å². The molecule has 0 atom stereocenters. The van der Waals surface area contributed by atoms with Crippen molar-refractivity contribution in [1.29, 1.82) is 0 Å². The van der Waals surface area contributed by atoms with Gasteiger partial charge in [0, 0.05) is 24.0 Å².